The van der Waals surface area contributed by atoms with Crippen molar-refractivity contribution in [3.63, 3.8) is 0 Å². The molecule has 0 aliphatic carbocycles. The summed E-state index contributed by atoms with van der Waals surface area (Å²) < 4.78 is 4.46. The van der Waals surface area contributed by atoms with E-state index in [1.807, 2.05) is 30.3 Å². The van der Waals surface area contributed by atoms with Crippen LogP contribution in [0.1, 0.15) is 17.3 Å². The summed E-state index contributed by atoms with van der Waals surface area (Å²) >= 11 is 1.38. The highest BCUT2D eigenvalue weighted by Crippen LogP contribution is 2.24. The smallest absolute Gasteiger partial charge is 0.321 e. The number of nitrogens with one attached hydrogen (secondary N) is 1. The Labute approximate surface area is 173 Å². The molecule has 1 saturated heterocycles. The molecule has 8 heteroatoms. The molecule has 1 fully saturated rings. The van der Waals surface area contributed by atoms with Crippen molar-refractivity contribution in [2.45, 2.75) is 6.92 Å². The van der Waals surface area contributed by atoms with Gasteiger partial charge in [-0.05, 0) is 31.2 Å². The van der Waals surface area contributed by atoms with Gasteiger partial charge in [-0.2, -0.15) is 9.36 Å². The SMILES string of the molecule is CC(=O)c1ccc(NC(=O)N2CCN(c3nc(-c4ccccc4)ns3)CC2)cc1. The third kappa shape index (κ3) is 4.43. The van der Waals surface area contributed by atoms with Gasteiger partial charge in [0.05, 0.1) is 0 Å². The summed E-state index contributed by atoms with van der Waals surface area (Å²) in [7, 11) is 0. The molecule has 3 aromatic rings. The van der Waals surface area contributed by atoms with E-state index in [1.54, 1.807) is 29.2 Å². The second kappa shape index (κ2) is 8.40. The van der Waals surface area contributed by atoms with E-state index in [1.165, 1.54) is 18.5 Å². The fraction of sp³-hybridized carbons (Fsp3) is 0.238. The van der Waals surface area contributed by atoms with E-state index in [-0.39, 0.29) is 11.8 Å². The normalized spacial score (nSPS) is 14.0. The predicted octanol–water partition coefficient (Wildman–Crippen LogP) is 3.76. The molecule has 0 bridgehead atoms. The van der Waals surface area contributed by atoms with Crippen LogP contribution in [0.15, 0.2) is 54.6 Å². The monoisotopic (exact) mass is 407 g/mol. The summed E-state index contributed by atoms with van der Waals surface area (Å²) in [6.07, 6.45) is 0. The van der Waals surface area contributed by atoms with Crippen molar-refractivity contribution < 1.29 is 9.59 Å². The van der Waals surface area contributed by atoms with Crippen LogP contribution in [0.3, 0.4) is 0 Å². The predicted molar refractivity (Wildman–Crippen MR) is 115 cm³/mol. The molecular weight excluding hydrogens is 386 g/mol. The Bertz CT molecular complexity index is 995. The van der Waals surface area contributed by atoms with Crippen molar-refractivity contribution in [3.8, 4) is 11.4 Å². The van der Waals surface area contributed by atoms with E-state index < -0.39 is 0 Å². The average Bonchev–Trinajstić information content (AvgIpc) is 3.25. The van der Waals surface area contributed by atoms with Crippen molar-refractivity contribution in [2.75, 3.05) is 36.4 Å². The van der Waals surface area contributed by atoms with Crippen LogP contribution in [-0.2, 0) is 0 Å². The minimum atomic E-state index is -0.137. The Morgan fingerprint density at radius 1 is 0.966 bits per heavy atom. The van der Waals surface area contributed by atoms with Crippen molar-refractivity contribution in [3.05, 3.63) is 60.2 Å². The highest BCUT2D eigenvalue weighted by atomic mass is 32.1. The number of benzene rings is 2. The van der Waals surface area contributed by atoms with Gasteiger partial charge in [-0.25, -0.2) is 4.79 Å². The zero-order valence-electron chi connectivity index (χ0n) is 16.0. The number of hydrogen-bond acceptors (Lipinski definition) is 6. The number of Topliss-reactive ketones (excluding diaryl/α,β-unsaturated/α-hetero) is 1. The number of hydrogen-bond donors (Lipinski definition) is 1. The van der Waals surface area contributed by atoms with Gasteiger partial charge in [-0.1, -0.05) is 30.3 Å². The Balaban J connectivity index is 1.33. The first-order chi connectivity index (χ1) is 14.1. The molecule has 0 radical (unpaired) electrons. The number of rotatable bonds is 4. The number of nitrogens with zero attached hydrogens (tertiary/aromatic N) is 4. The third-order valence-electron chi connectivity index (χ3n) is 4.83. The van der Waals surface area contributed by atoms with Crippen molar-refractivity contribution in [2.24, 2.45) is 0 Å². The first kappa shape index (κ1) is 19.1. The van der Waals surface area contributed by atoms with E-state index in [9.17, 15) is 9.59 Å². The van der Waals surface area contributed by atoms with Crippen molar-refractivity contribution >= 4 is 34.2 Å². The molecule has 7 nitrogen and oxygen atoms in total. The zero-order valence-corrected chi connectivity index (χ0v) is 16.9. The molecule has 0 saturated carbocycles. The lowest BCUT2D eigenvalue weighted by molar-refractivity contribution is 0.101. The molecule has 1 N–H and O–H groups in total. The zero-order chi connectivity index (χ0) is 20.2. The van der Waals surface area contributed by atoms with E-state index in [4.69, 9.17) is 0 Å². The fourth-order valence-corrected chi connectivity index (χ4v) is 3.88. The first-order valence-electron chi connectivity index (χ1n) is 9.41. The number of piperazine rings is 1. The van der Waals surface area contributed by atoms with Gasteiger partial charge in [-0.15, -0.1) is 0 Å². The van der Waals surface area contributed by atoms with Crippen LogP contribution in [0.25, 0.3) is 11.4 Å². The van der Waals surface area contributed by atoms with Crippen LogP contribution in [0, 0.1) is 0 Å². The summed E-state index contributed by atoms with van der Waals surface area (Å²) in [6.45, 7) is 4.16. The van der Waals surface area contributed by atoms with Gasteiger partial charge in [0.15, 0.2) is 11.6 Å². The van der Waals surface area contributed by atoms with E-state index >= 15 is 0 Å². The summed E-state index contributed by atoms with van der Waals surface area (Å²) in [6, 6.07) is 16.7. The average molecular weight is 407 g/mol. The molecule has 1 aromatic heterocycles. The van der Waals surface area contributed by atoms with E-state index in [2.05, 4.69) is 19.6 Å². The number of carbonyl (C=O) groups excluding carboxylic acids is 2. The number of urea groups is 1. The van der Waals surface area contributed by atoms with Crippen LogP contribution in [0.5, 0.6) is 0 Å². The highest BCUT2D eigenvalue weighted by molar-refractivity contribution is 7.09. The minimum Gasteiger partial charge on any atom is -0.343 e. The van der Waals surface area contributed by atoms with Gasteiger partial charge in [0.1, 0.15) is 0 Å². The maximum Gasteiger partial charge on any atom is 0.321 e. The molecule has 0 spiro atoms. The molecule has 0 unspecified atom stereocenters. The lowest BCUT2D eigenvalue weighted by atomic mass is 10.1. The molecule has 1 aliphatic rings. The van der Waals surface area contributed by atoms with Crippen LogP contribution < -0.4 is 10.2 Å². The largest absolute Gasteiger partial charge is 0.343 e. The van der Waals surface area contributed by atoms with Crippen molar-refractivity contribution in [1.29, 1.82) is 0 Å². The van der Waals surface area contributed by atoms with Gasteiger partial charge in [0, 0.05) is 54.5 Å². The third-order valence-corrected chi connectivity index (χ3v) is 5.60. The summed E-state index contributed by atoms with van der Waals surface area (Å²) in [5.41, 5.74) is 2.31. The Morgan fingerprint density at radius 3 is 2.31 bits per heavy atom. The van der Waals surface area contributed by atoms with Gasteiger partial charge >= 0.3 is 6.03 Å². The van der Waals surface area contributed by atoms with Gasteiger partial charge in [0.2, 0.25) is 5.13 Å². The molecule has 148 valence electrons. The summed E-state index contributed by atoms with van der Waals surface area (Å²) in [4.78, 5) is 32.5. The van der Waals surface area contributed by atoms with Crippen molar-refractivity contribution in [1.82, 2.24) is 14.3 Å². The molecular formula is C21H21N5O2S. The first-order valence-corrected chi connectivity index (χ1v) is 10.2. The number of aromatic nitrogens is 2. The van der Waals surface area contributed by atoms with E-state index in [0.29, 0.717) is 37.4 Å². The second-order valence-corrected chi connectivity index (χ2v) is 7.53. The van der Waals surface area contributed by atoms with Crippen LogP contribution in [0.4, 0.5) is 15.6 Å². The van der Waals surface area contributed by atoms with Crippen LogP contribution in [0.2, 0.25) is 0 Å². The van der Waals surface area contributed by atoms with Crippen LogP contribution in [-0.4, -0.2) is 52.3 Å². The van der Waals surface area contributed by atoms with Crippen LogP contribution >= 0.6 is 11.5 Å². The number of carbonyl (C=O) groups is 2. The lowest BCUT2D eigenvalue weighted by Crippen LogP contribution is -2.50. The standard InChI is InChI=1S/C21H21N5O2S/c1-15(27)16-7-9-18(10-8-16)22-20(28)25-11-13-26(14-12-25)21-23-19(24-29-21)17-5-3-2-4-6-17/h2-10H,11-14H2,1H3,(H,22,28). The molecule has 2 amide bonds. The topological polar surface area (TPSA) is 78.4 Å². The summed E-state index contributed by atoms with van der Waals surface area (Å²) in [5.74, 6) is 0.742. The Kier molecular flexibility index (Phi) is 5.53. The fourth-order valence-electron chi connectivity index (χ4n) is 3.14. The van der Waals surface area contributed by atoms with E-state index in [0.717, 1.165) is 16.5 Å². The molecule has 29 heavy (non-hydrogen) atoms. The maximum absolute atomic E-state index is 12.5. The lowest BCUT2D eigenvalue weighted by Gasteiger charge is -2.34. The Morgan fingerprint density at radius 2 is 1.66 bits per heavy atom. The molecule has 2 heterocycles. The highest BCUT2D eigenvalue weighted by Gasteiger charge is 2.23. The Hall–Kier alpha value is -3.26. The van der Waals surface area contributed by atoms with Gasteiger partial charge in [0.25, 0.3) is 0 Å². The second-order valence-electron chi connectivity index (χ2n) is 6.80. The van der Waals surface area contributed by atoms with Gasteiger partial charge in [-0.3, -0.25) is 4.79 Å². The number of anilines is 2. The molecule has 1 aliphatic heterocycles. The molecule has 2 aromatic carbocycles. The minimum absolute atomic E-state index is 0.00564. The molecule has 4 rings (SSSR count). The summed E-state index contributed by atoms with van der Waals surface area (Å²) in [5, 5.41) is 3.77. The number of amides is 2. The van der Waals surface area contributed by atoms with Gasteiger partial charge < -0.3 is 15.1 Å². The number of ketones is 1. The quantitative estimate of drug-likeness (QED) is 0.666. The molecule has 0 atom stereocenters. The maximum atomic E-state index is 12.5.